The third-order valence-corrected chi connectivity index (χ3v) is 10.4. The van der Waals surface area contributed by atoms with Crippen LogP contribution in [-0.2, 0) is 14.3 Å². The SMILES string of the molecule is CC1CC(N(C)C)C(O)C(OC2CCC3(C)C(=CCC4C5CCC(=O)C5(C)CCC43)C2)O1. The Morgan fingerprint density at radius 2 is 1.84 bits per heavy atom. The van der Waals surface area contributed by atoms with Crippen molar-refractivity contribution in [3.63, 3.8) is 0 Å². The highest BCUT2D eigenvalue weighted by molar-refractivity contribution is 5.87. The number of allylic oxidation sites excluding steroid dienone is 1. The Balaban J connectivity index is 1.29. The van der Waals surface area contributed by atoms with E-state index in [1.165, 1.54) is 6.42 Å². The average Bonchev–Trinajstić information content (AvgIpc) is 3.05. The molecule has 180 valence electrons. The first-order valence-electron chi connectivity index (χ1n) is 13.0. The summed E-state index contributed by atoms with van der Waals surface area (Å²) in [5.41, 5.74) is 1.74. The number of hydrogen-bond acceptors (Lipinski definition) is 5. The molecule has 0 radical (unpaired) electrons. The summed E-state index contributed by atoms with van der Waals surface area (Å²) < 4.78 is 12.5. The van der Waals surface area contributed by atoms with Gasteiger partial charge >= 0.3 is 0 Å². The first-order chi connectivity index (χ1) is 15.1. The van der Waals surface area contributed by atoms with Gasteiger partial charge in [0.15, 0.2) is 6.29 Å². The fourth-order valence-corrected chi connectivity index (χ4v) is 8.36. The molecule has 4 aliphatic carbocycles. The molecule has 5 nitrogen and oxygen atoms in total. The second-order valence-corrected chi connectivity index (χ2v) is 12.3. The smallest absolute Gasteiger partial charge is 0.185 e. The van der Waals surface area contributed by atoms with E-state index in [0.29, 0.717) is 23.5 Å². The number of carbonyl (C=O) groups excluding carboxylic acids is 1. The molecule has 0 aromatic carbocycles. The molecule has 0 spiro atoms. The maximum Gasteiger partial charge on any atom is 0.185 e. The molecule has 1 heterocycles. The number of Topliss-reactive ketones (excluding diaryl/α,β-unsaturated/α-hetero) is 1. The third kappa shape index (κ3) is 3.54. The molecule has 0 aromatic rings. The van der Waals surface area contributed by atoms with Gasteiger partial charge in [0.25, 0.3) is 0 Å². The summed E-state index contributed by atoms with van der Waals surface area (Å²) in [4.78, 5) is 14.7. The van der Waals surface area contributed by atoms with Crippen LogP contribution in [0.1, 0.15) is 78.6 Å². The zero-order valence-corrected chi connectivity index (χ0v) is 20.7. The van der Waals surface area contributed by atoms with Gasteiger partial charge in [0.2, 0.25) is 0 Å². The predicted molar refractivity (Wildman–Crippen MR) is 124 cm³/mol. The molecular formula is C27H43NO4. The first kappa shape index (κ1) is 23.0. The second-order valence-electron chi connectivity index (χ2n) is 12.3. The van der Waals surface area contributed by atoms with E-state index in [0.717, 1.165) is 51.4 Å². The summed E-state index contributed by atoms with van der Waals surface area (Å²) in [6, 6.07) is 0.0675. The van der Waals surface area contributed by atoms with E-state index in [2.05, 4.69) is 31.7 Å². The fraction of sp³-hybridized carbons (Fsp3) is 0.889. The molecule has 10 atom stereocenters. The van der Waals surface area contributed by atoms with E-state index in [-0.39, 0.29) is 29.1 Å². The van der Waals surface area contributed by atoms with Gasteiger partial charge in [0.1, 0.15) is 11.9 Å². The van der Waals surface area contributed by atoms with E-state index in [1.54, 1.807) is 5.57 Å². The molecular weight excluding hydrogens is 402 g/mol. The molecule has 5 heteroatoms. The van der Waals surface area contributed by atoms with E-state index in [1.807, 2.05) is 14.1 Å². The maximum atomic E-state index is 12.6. The Bertz CT molecular complexity index is 780. The average molecular weight is 446 g/mol. The molecule has 5 rings (SSSR count). The minimum Gasteiger partial charge on any atom is -0.386 e. The Morgan fingerprint density at radius 3 is 2.59 bits per heavy atom. The van der Waals surface area contributed by atoms with Gasteiger partial charge in [-0.15, -0.1) is 0 Å². The van der Waals surface area contributed by atoms with Gasteiger partial charge in [-0.25, -0.2) is 0 Å². The zero-order chi connectivity index (χ0) is 22.8. The van der Waals surface area contributed by atoms with Crippen LogP contribution < -0.4 is 0 Å². The minimum absolute atomic E-state index is 0.0582. The predicted octanol–water partition coefficient (Wildman–Crippen LogP) is 4.33. The second kappa shape index (κ2) is 8.18. The van der Waals surface area contributed by atoms with Crippen LogP contribution in [0.25, 0.3) is 0 Å². The molecule has 32 heavy (non-hydrogen) atoms. The van der Waals surface area contributed by atoms with Gasteiger partial charge in [-0.1, -0.05) is 25.5 Å². The number of hydrogen-bond donors (Lipinski definition) is 1. The van der Waals surface area contributed by atoms with Crippen molar-refractivity contribution in [1.29, 1.82) is 0 Å². The van der Waals surface area contributed by atoms with Crippen LogP contribution in [0.2, 0.25) is 0 Å². The summed E-state index contributed by atoms with van der Waals surface area (Å²) in [5.74, 6) is 2.46. The lowest BCUT2D eigenvalue weighted by Gasteiger charge is -2.57. The van der Waals surface area contributed by atoms with Crippen molar-refractivity contribution >= 4 is 5.78 Å². The topological polar surface area (TPSA) is 59.0 Å². The van der Waals surface area contributed by atoms with Crippen LogP contribution in [0.15, 0.2) is 11.6 Å². The molecule has 1 saturated heterocycles. The molecule has 5 aliphatic rings. The molecule has 0 aromatic heterocycles. The quantitative estimate of drug-likeness (QED) is 0.655. The van der Waals surface area contributed by atoms with E-state index < -0.39 is 12.4 Å². The monoisotopic (exact) mass is 445 g/mol. The number of likely N-dealkylation sites (N-methyl/N-ethyl adjacent to an activating group) is 1. The fourth-order valence-electron chi connectivity index (χ4n) is 8.36. The molecule has 3 saturated carbocycles. The van der Waals surface area contributed by atoms with Crippen LogP contribution in [-0.4, -0.2) is 60.5 Å². The van der Waals surface area contributed by atoms with Crippen molar-refractivity contribution in [2.45, 2.75) is 109 Å². The van der Waals surface area contributed by atoms with Crippen LogP contribution >= 0.6 is 0 Å². The summed E-state index contributed by atoms with van der Waals surface area (Å²) in [7, 11) is 4.04. The third-order valence-electron chi connectivity index (χ3n) is 10.4. The number of fused-ring (bicyclic) bond motifs is 5. The largest absolute Gasteiger partial charge is 0.386 e. The molecule has 0 bridgehead atoms. The van der Waals surface area contributed by atoms with Crippen LogP contribution in [0, 0.1) is 28.6 Å². The molecule has 1 aliphatic heterocycles. The van der Waals surface area contributed by atoms with Gasteiger partial charge in [-0.05, 0) is 95.6 Å². The molecule has 4 fully saturated rings. The summed E-state index contributed by atoms with van der Waals surface area (Å²) >= 11 is 0. The Hall–Kier alpha value is -0.750. The lowest BCUT2D eigenvalue weighted by Crippen LogP contribution is -2.55. The van der Waals surface area contributed by atoms with Crippen molar-refractivity contribution in [1.82, 2.24) is 4.90 Å². The Morgan fingerprint density at radius 1 is 1.12 bits per heavy atom. The number of nitrogens with zero attached hydrogens (tertiary/aromatic N) is 1. The standard InChI is InChI=1S/C27H43NO4/c1-16-14-22(28(4)5)24(30)25(31-16)32-18-10-12-26(2)17(15-18)6-7-19-20-8-9-23(29)27(20,3)13-11-21(19)26/h6,16,18-22,24-25,30H,7-15H2,1-5H3. The number of aliphatic hydroxyl groups excluding tert-OH is 1. The molecule has 1 N–H and O–H groups in total. The zero-order valence-electron chi connectivity index (χ0n) is 20.7. The van der Waals surface area contributed by atoms with Crippen molar-refractivity contribution in [3.8, 4) is 0 Å². The van der Waals surface area contributed by atoms with Crippen LogP contribution in [0.4, 0.5) is 0 Å². The Kier molecular flexibility index (Phi) is 5.88. The maximum absolute atomic E-state index is 12.6. The lowest BCUT2D eigenvalue weighted by atomic mass is 9.48. The number of aliphatic hydroxyl groups is 1. The van der Waals surface area contributed by atoms with Crippen LogP contribution in [0.3, 0.4) is 0 Å². The van der Waals surface area contributed by atoms with Gasteiger partial charge in [-0.3, -0.25) is 4.79 Å². The lowest BCUT2D eigenvalue weighted by molar-refractivity contribution is -0.270. The van der Waals surface area contributed by atoms with Gasteiger partial charge in [0, 0.05) is 17.9 Å². The number of carbonyl (C=O) groups is 1. The van der Waals surface area contributed by atoms with Gasteiger partial charge in [-0.2, -0.15) is 0 Å². The first-order valence-corrected chi connectivity index (χ1v) is 13.0. The molecule has 0 amide bonds. The van der Waals surface area contributed by atoms with Crippen molar-refractivity contribution in [3.05, 3.63) is 11.6 Å². The van der Waals surface area contributed by atoms with Crippen molar-refractivity contribution in [2.24, 2.45) is 28.6 Å². The van der Waals surface area contributed by atoms with E-state index in [4.69, 9.17) is 9.47 Å². The van der Waals surface area contributed by atoms with E-state index >= 15 is 0 Å². The highest BCUT2D eigenvalue weighted by atomic mass is 16.7. The molecule has 10 unspecified atom stereocenters. The normalized spacial score (nSPS) is 51.1. The van der Waals surface area contributed by atoms with Gasteiger partial charge < -0.3 is 19.5 Å². The number of ketones is 1. The Labute approximate surface area is 193 Å². The van der Waals surface area contributed by atoms with E-state index in [9.17, 15) is 9.90 Å². The van der Waals surface area contributed by atoms with Gasteiger partial charge in [0.05, 0.1) is 12.2 Å². The summed E-state index contributed by atoms with van der Waals surface area (Å²) in [6.07, 6.45) is 10.8. The highest BCUT2D eigenvalue weighted by Crippen LogP contribution is 2.64. The minimum atomic E-state index is -0.616. The highest BCUT2D eigenvalue weighted by Gasteiger charge is 2.58. The van der Waals surface area contributed by atoms with Crippen molar-refractivity contribution in [2.75, 3.05) is 14.1 Å². The van der Waals surface area contributed by atoms with Crippen molar-refractivity contribution < 1.29 is 19.4 Å². The summed E-state index contributed by atoms with van der Waals surface area (Å²) in [6.45, 7) is 6.82. The van der Waals surface area contributed by atoms with Crippen LogP contribution in [0.5, 0.6) is 0 Å². The number of rotatable bonds is 3. The number of ether oxygens (including phenoxy) is 2. The summed E-state index contributed by atoms with van der Waals surface area (Å²) in [5, 5.41) is 10.9.